The average Bonchev–Trinajstić information content (AvgIpc) is 2.64. The minimum atomic E-state index is -0.674. The lowest BCUT2D eigenvalue weighted by Crippen LogP contribution is -2.34. The summed E-state index contributed by atoms with van der Waals surface area (Å²) in [5.74, 6) is 0.510. The molecule has 0 unspecified atom stereocenters. The van der Waals surface area contributed by atoms with Crippen LogP contribution in [0.1, 0.15) is 44.1 Å². The molecular formula is C19H26N2O4. The Bertz CT molecular complexity index is 604. The quantitative estimate of drug-likeness (QED) is 0.668. The van der Waals surface area contributed by atoms with Crippen molar-refractivity contribution in [3.8, 4) is 17.6 Å². The van der Waals surface area contributed by atoms with Gasteiger partial charge in [-0.2, -0.15) is 5.26 Å². The summed E-state index contributed by atoms with van der Waals surface area (Å²) in [6.45, 7) is 1.20. The summed E-state index contributed by atoms with van der Waals surface area (Å²) in [6, 6.07) is 8.30. The van der Waals surface area contributed by atoms with E-state index >= 15 is 0 Å². The molecule has 0 aliphatic heterocycles. The Kier molecular flexibility index (Phi) is 7.55. The highest BCUT2D eigenvalue weighted by atomic mass is 16.5. The van der Waals surface area contributed by atoms with Gasteiger partial charge in [0, 0.05) is 19.0 Å². The van der Waals surface area contributed by atoms with Crippen LogP contribution in [0.4, 0.5) is 0 Å². The average molecular weight is 346 g/mol. The number of unbranched alkanes of at least 4 members (excludes halogenated alkanes) is 1. The number of carboxylic acid groups (broad SMARTS) is 1. The van der Waals surface area contributed by atoms with E-state index in [4.69, 9.17) is 19.8 Å². The van der Waals surface area contributed by atoms with Gasteiger partial charge in [0.2, 0.25) is 0 Å². The predicted molar refractivity (Wildman–Crippen MR) is 93.6 cm³/mol. The van der Waals surface area contributed by atoms with Crippen molar-refractivity contribution in [3.63, 3.8) is 0 Å². The van der Waals surface area contributed by atoms with E-state index in [1.54, 1.807) is 7.11 Å². The Morgan fingerprint density at radius 2 is 2.08 bits per heavy atom. The zero-order chi connectivity index (χ0) is 18.1. The van der Waals surface area contributed by atoms with E-state index in [2.05, 4.69) is 11.4 Å². The molecule has 0 heterocycles. The van der Waals surface area contributed by atoms with E-state index < -0.39 is 5.97 Å². The molecule has 1 saturated carbocycles. The molecule has 0 atom stereocenters. The SMILES string of the molecule is COc1ccc(CNC2CCC(C(=O)O)CC2)cc1OCCCC#N. The fourth-order valence-corrected chi connectivity index (χ4v) is 3.08. The second kappa shape index (κ2) is 9.90. The standard InChI is InChI=1S/C19H26N2O4/c1-24-17-9-4-14(12-18(17)25-11-3-2-10-20)13-21-16-7-5-15(6-8-16)19(22)23/h4,9,12,15-16,21H,2-3,5-8,11,13H2,1H3,(H,22,23). The van der Waals surface area contributed by atoms with Gasteiger partial charge >= 0.3 is 5.97 Å². The molecule has 0 bridgehead atoms. The molecule has 0 radical (unpaired) electrons. The summed E-state index contributed by atoms with van der Waals surface area (Å²) >= 11 is 0. The van der Waals surface area contributed by atoms with Gasteiger partial charge in [0.15, 0.2) is 11.5 Å². The van der Waals surface area contributed by atoms with Crippen molar-refractivity contribution in [3.05, 3.63) is 23.8 Å². The van der Waals surface area contributed by atoms with Gasteiger partial charge < -0.3 is 19.9 Å². The molecule has 1 aromatic rings. The molecule has 1 fully saturated rings. The van der Waals surface area contributed by atoms with Crippen molar-refractivity contribution < 1.29 is 19.4 Å². The minimum Gasteiger partial charge on any atom is -0.493 e. The number of carbonyl (C=O) groups is 1. The molecule has 0 saturated heterocycles. The topological polar surface area (TPSA) is 91.6 Å². The van der Waals surface area contributed by atoms with Crippen LogP contribution in [0, 0.1) is 17.2 Å². The summed E-state index contributed by atoms with van der Waals surface area (Å²) in [5, 5.41) is 21.1. The van der Waals surface area contributed by atoms with E-state index in [0.717, 1.165) is 31.2 Å². The van der Waals surface area contributed by atoms with Crippen LogP contribution in [0.15, 0.2) is 18.2 Å². The fourth-order valence-electron chi connectivity index (χ4n) is 3.08. The Morgan fingerprint density at radius 3 is 2.72 bits per heavy atom. The normalized spacial score (nSPS) is 19.8. The number of benzene rings is 1. The molecule has 1 aromatic carbocycles. The van der Waals surface area contributed by atoms with Crippen LogP contribution in [-0.2, 0) is 11.3 Å². The van der Waals surface area contributed by atoms with Gasteiger partial charge in [-0.15, -0.1) is 0 Å². The number of carboxylic acids is 1. The van der Waals surface area contributed by atoms with E-state index in [1.807, 2.05) is 18.2 Å². The Labute approximate surface area is 148 Å². The minimum absolute atomic E-state index is 0.188. The lowest BCUT2D eigenvalue weighted by atomic mass is 9.86. The van der Waals surface area contributed by atoms with Gasteiger partial charge in [-0.3, -0.25) is 4.79 Å². The molecule has 2 rings (SSSR count). The van der Waals surface area contributed by atoms with E-state index in [0.29, 0.717) is 43.5 Å². The number of rotatable bonds is 9. The van der Waals surface area contributed by atoms with E-state index in [1.165, 1.54) is 0 Å². The molecule has 25 heavy (non-hydrogen) atoms. The number of nitriles is 1. The Morgan fingerprint density at radius 1 is 1.32 bits per heavy atom. The van der Waals surface area contributed by atoms with Gasteiger partial charge in [-0.05, 0) is 49.8 Å². The lowest BCUT2D eigenvalue weighted by Gasteiger charge is -2.27. The van der Waals surface area contributed by atoms with Crippen LogP contribution < -0.4 is 14.8 Å². The summed E-state index contributed by atoms with van der Waals surface area (Å²) in [6.07, 6.45) is 4.43. The molecular weight excluding hydrogens is 320 g/mol. The second-order valence-corrected chi connectivity index (χ2v) is 6.36. The maximum Gasteiger partial charge on any atom is 0.306 e. The molecule has 136 valence electrons. The largest absolute Gasteiger partial charge is 0.493 e. The first-order valence-electron chi connectivity index (χ1n) is 8.77. The van der Waals surface area contributed by atoms with Gasteiger partial charge in [0.1, 0.15) is 0 Å². The fraction of sp³-hybridized carbons (Fsp3) is 0.579. The van der Waals surface area contributed by atoms with E-state index in [-0.39, 0.29) is 5.92 Å². The van der Waals surface area contributed by atoms with Crippen molar-refractivity contribution >= 4 is 5.97 Å². The summed E-state index contributed by atoms with van der Waals surface area (Å²) in [7, 11) is 1.61. The number of nitrogens with one attached hydrogen (secondary N) is 1. The Balaban J connectivity index is 1.85. The Hall–Kier alpha value is -2.26. The van der Waals surface area contributed by atoms with Gasteiger partial charge in [0.05, 0.1) is 25.7 Å². The van der Waals surface area contributed by atoms with Crippen LogP contribution in [0.5, 0.6) is 11.5 Å². The first-order valence-corrected chi connectivity index (χ1v) is 8.77. The number of hydrogen-bond acceptors (Lipinski definition) is 5. The predicted octanol–water partition coefficient (Wildman–Crippen LogP) is 3.11. The van der Waals surface area contributed by atoms with Crippen LogP contribution in [0.25, 0.3) is 0 Å². The van der Waals surface area contributed by atoms with Gasteiger partial charge in [0.25, 0.3) is 0 Å². The van der Waals surface area contributed by atoms with Crippen LogP contribution in [-0.4, -0.2) is 30.8 Å². The highest BCUT2D eigenvalue weighted by Gasteiger charge is 2.25. The van der Waals surface area contributed by atoms with Crippen LogP contribution in [0.2, 0.25) is 0 Å². The van der Waals surface area contributed by atoms with Crippen molar-refractivity contribution in [1.82, 2.24) is 5.32 Å². The second-order valence-electron chi connectivity index (χ2n) is 6.36. The summed E-state index contributed by atoms with van der Waals surface area (Å²) in [5.41, 5.74) is 1.09. The molecule has 6 nitrogen and oxygen atoms in total. The number of methoxy groups -OCH3 is 1. The molecule has 0 aromatic heterocycles. The first kappa shape index (κ1) is 19.1. The maximum atomic E-state index is 11.0. The highest BCUT2D eigenvalue weighted by Crippen LogP contribution is 2.29. The molecule has 2 N–H and O–H groups in total. The zero-order valence-electron chi connectivity index (χ0n) is 14.7. The van der Waals surface area contributed by atoms with Gasteiger partial charge in [-0.25, -0.2) is 0 Å². The van der Waals surface area contributed by atoms with Crippen LogP contribution in [0.3, 0.4) is 0 Å². The first-order chi connectivity index (χ1) is 12.1. The molecule has 0 amide bonds. The number of hydrogen-bond donors (Lipinski definition) is 2. The zero-order valence-corrected chi connectivity index (χ0v) is 14.7. The molecule has 6 heteroatoms. The monoisotopic (exact) mass is 346 g/mol. The number of ether oxygens (including phenoxy) is 2. The lowest BCUT2D eigenvalue weighted by molar-refractivity contribution is -0.142. The molecule has 1 aliphatic rings. The van der Waals surface area contributed by atoms with Crippen LogP contribution >= 0.6 is 0 Å². The van der Waals surface area contributed by atoms with Crippen molar-refractivity contribution in [2.45, 2.75) is 51.1 Å². The highest BCUT2D eigenvalue weighted by molar-refractivity contribution is 5.70. The third kappa shape index (κ3) is 5.95. The van der Waals surface area contributed by atoms with Gasteiger partial charge in [-0.1, -0.05) is 6.07 Å². The molecule has 0 spiro atoms. The van der Waals surface area contributed by atoms with Crippen molar-refractivity contribution in [2.75, 3.05) is 13.7 Å². The smallest absolute Gasteiger partial charge is 0.306 e. The van der Waals surface area contributed by atoms with Crippen molar-refractivity contribution in [1.29, 1.82) is 5.26 Å². The van der Waals surface area contributed by atoms with Crippen molar-refractivity contribution in [2.24, 2.45) is 5.92 Å². The summed E-state index contributed by atoms with van der Waals surface area (Å²) < 4.78 is 11.1. The third-order valence-corrected chi connectivity index (χ3v) is 4.59. The van der Waals surface area contributed by atoms with E-state index in [9.17, 15) is 4.79 Å². The number of aliphatic carboxylic acids is 1. The third-order valence-electron chi connectivity index (χ3n) is 4.59. The maximum absolute atomic E-state index is 11.0. The molecule has 1 aliphatic carbocycles. The number of nitrogens with zero attached hydrogens (tertiary/aromatic N) is 1. The summed E-state index contributed by atoms with van der Waals surface area (Å²) in [4.78, 5) is 11.0.